The average Bonchev–Trinajstić information content (AvgIpc) is 3.28. The van der Waals surface area contributed by atoms with Crippen molar-refractivity contribution in [3.63, 3.8) is 0 Å². The molecule has 1 amide bonds. The molecule has 0 aliphatic carbocycles. The Balaban J connectivity index is 1.56. The zero-order chi connectivity index (χ0) is 23.0. The third-order valence-corrected chi connectivity index (χ3v) is 5.64. The number of carbonyl (C=O) groups is 1. The highest BCUT2D eigenvalue weighted by molar-refractivity contribution is 5.85. The lowest BCUT2D eigenvalue weighted by Crippen LogP contribution is -2.37. The van der Waals surface area contributed by atoms with Crippen LogP contribution in [0.4, 0.5) is 5.82 Å². The third kappa shape index (κ3) is 5.55. The van der Waals surface area contributed by atoms with Gasteiger partial charge < -0.3 is 18.9 Å². The third-order valence-electron chi connectivity index (χ3n) is 5.64. The van der Waals surface area contributed by atoms with Crippen LogP contribution in [0.1, 0.15) is 32.1 Å². The van der Waals surface area contributed by atoms with Gasteiger partial charge in [-0.15, -0.1) is 0 Å². The Morgan fingerprint density at radius 3 is 2.70 bits per heavy atom. The Bertz CT molecular complexity index is 1060. The monoisotopic (exact) mass is 455 g/mol. The molecule has 1 aliphatic heterocycles. The van der Waals surface area contributed by atoms with Crippen LogP contribution in [0.25, 0.3) is 22.6 Å². The summed E-state index contributed by atoms with van der Waals surface area (Å²) in [5.41, 5.74) is 4.04. The quantitative estimate of drug-likeness (QED) is 0.269. The first-order valence-corrected chi connectivity index (χ1v) is 11.2. The summed E-state index contributed by atoms with van der Waals surface area (Å²) in [6.07, 6.45) is 7.42. The fraction of sp³-hybridized carbons (Fsp3) is 0.500. The number of unbranched alkanes of at least 4 members (excludes halogenated alkanes) is 3. The number of aryl methyl sites for hydroxylation is 1. The molecule has 0 radical (unpaired) electrons. The topological polar surface area (TPSA) is 128 Å². The number of morpholine rings is 1. The Morgan fingerprint density at radius 2 is 1.97 bits per heavy atom. The summed E-state index contributed by atoms with van der Waals surface area (Å²) >= 11 is 0. The Labute approximate surface area is 191 Å². The lowest BCUT2D eigenvalue weighted by atomic mass is 10.1. The van der Waals surface area contributed by atoms with Crippen LogP contribution in [-0.4, -0.2) is 69.0 Å². The lowest BCUT2D eigenvalue weighted by Gasteiger charge is -2.28. The maximum Gasteiger partial charge on any atom is 0.243 e. The molecule has 3 aromatic rings. The van der Waals surface area contributed by atoms with Gasteiger partial charge in [-0.2, -0.15) is 0 Å². The minimum Gasteiger partial charge on any atom is -0.481 e. The molecular formula is C22H29N7O4. The first kappa shape index (κ1) is 22.9. The number of nitrogens with one attached hydrogen (secondary N) is 1. The number of hydrogen-bond acceptors (Lipinski definition) is 9. The number of methoxy groups -OCH3 is 1. The summed E-state index contributed by atoms with van der Waals surface area (Å²) in [4.78, 5) is 31.9. The molecular weight excluding hydrogens is 426 g/mol. The molecule has 4 rings (SSSR count). The second-order valence-electron chi connectivity index (χ2n) is 7.87. The zero-order valence-corrected chi connectivity index (χ0v) is 18.7. The maximum absolute atomic E-state index is 11.1. The van der Waals surface area contributed by atoms with Crippen molar-refractivity contribution in [2.75, 3.05) is 38.3 Å². The molecule has 2 N–H and O–H groups in total. The largest absolute Gasteiger partial charge is 0.481 e. The zero-order valence-electron chi connectivity index (χ0n) is 18.7. The van der Waals surface area contributed by atoms with Crippen molar-refractivity contribution < 1.29 is 19.5 Å². The van der Waals surface area contributed by atoms with Crippen molar-refractivity contribution in [3.8, 4) is 17.3 Å². The molecule has 1 saturated heterocycles. The number of rotatable bonds is 10. The summed E-state index contributed by atoms with van der Waals surface area (Å²) < 4.78 is 12.7. The highest BCUT2D eigenvalue weighted by Gasteiger charge is 2.21. The van der Waals surface area contributed by atoms with Gasteiger partial charge in [0.25, 0.3) is 0 Å². The van der Waals surface area contributed by atoms with E-state index < -0.39 is 0 Å². The van der Waals surface area contributed by atoms with E-state index >= 15 is 0 Å². The van der Waals surface area contributed by atoms with Crippen LogP contribution < -0.4 is 15.1 Å². The minimum atomic E-state index is -0.344. The minimum absolute atomic E-state index is 0.333. The van der Waals surface area contributed by atoms with E-state index in [4.69, 9.17) is 24.6 Å². The predicted molar refractivity (Wildman–Crippen MR) is 121 cm³/mol. The summed E-state index contributed by atoms with van der Waals surface area (Å²) in [7, 11) is 1.58. The van der Waals surface area contributed by atoms with Crippen LogP contribution >= 0.6 is 0 Å². The predicted octanol–water partition coefficient (Wildman–Crippen LogP) is 2.19. The van der Waals surface area contributed by atoms with Crippen molar-refractivity contribution in [1.29, 1.82) is 0 Å². The molecule has 0 bridgehead atoms. The van der Waals surface area contributed by atoms with Crippen LogP contribution in [0, 0.1) is 0 Å². The second kappa shape index (κ2) is 11.0. The van der Waals surface area contributed by atoms with Crippen molar-refractivity contribution in [2.45, 2.75) is 38.6 Å². The molecule has 0 atom stereocenters. The Kier molecular flexibility index (Phi) is 7.63. The van der Waals surface area contributed by atoms with Gasteiger partial charge in [-0.1, -0.05) is 12.8 Å². The fourth-order valence-electron chi connectivity index (χ4n) is 3.83. The van der Waals surface area contributed by atoms with E-state index in [-0.39, 0.29) is 5.91 Å². The van der Waals surface area contributed by atoms with Gasteiger partial charge >= 0.3 is 0 Å². The number of aromatic nitrogens is 5. The van der Waals surface area contributed by atoms with E-state index in [9.17, 15) is 4.79 Å². The van der Waals surface area contributed by atoms with Crippen molar-refractivity contribution in [2.24, 2.45) is 0 Å². The summed E-state index contributed by atoms with van der Waals surface area (Å²) in [5.74, 6) is 1.59. The van der Waals surface area contributed by atoms with Crippen molar-refractivity contribution >= 4 is 22.9 Å². The van der Waals surface area contributed by atoms with Gasteiger partial charge in [0.1, 0.15) is 0 Å². The van der Waals surface area contributed by atoms with Crippen LogP contribution in [0.15, 0.2) is 24.7 Å². The first-order chi connectivity index (χ1) is 16.2. The Hall–Kier alpha value is -3.31. The lowest BCUT2D eigenvalue weighted by molar-refractivity contribution is -0.129. The number of pyridine rings is 1. The molecule has 33 heavy (non-hydrogen) atoms. The van der Waals surface area contributed by atoms with Gasteiger partial charge in [0.2, 0.25) is 11.8 Å². The van der Waals surface area contributed by atoms with Gasteiger partial charge in [0, 0.05) is 43.9 Å². The average molecular weight is 456 g/mol. The molecule has 11 nitrogen and oxygen atoms in total. The highest BCUT2D eigenvalue weighted by Crippen LogP contribution is 2.28. The van der Waals surface area contributed by atoms with Crippen molar-refractivity contribution in [3.05, 3.63) is 24.7 Å². The number of anilines is 1. The Morgan fingerprint density at radius 1 is 1.15 bits per heavy atom. The van der Waals surface area contributed by atoms with E-state index in [1.165, 1.54) is 0 Å². The normalized spacial score (nSPS) is 13.9. The van der Waals surface area contributed by atoms with E-state index in [2.05, 4.69) is 19.4 Å². The number of ether oxygens (including phenoxy) is 2. The first-order valence-electron chi connectivity index (χ1n) is 11.2. The van der Waals surface area contributed by atoms with E-state index in [1.807, 2.05) is 12.4 Å². The van der Waals surface area contributed by atoms with Crippen LogP contribution in [0.3, 0.4) is 0 Å². The summed E-state index contributed by atoms with van der Waals surface area (Å²) in [5, 5.41) is 8.57. The van der Waals surface area contributed by atoms with Gasteiger partial charge in [-0.25, -0.2) is 25.4 Å². The number of amides is 1. The molecule has 3 aromatic heterocycles. The summed E-state index contributed by atoms with van der Waals surface area (Å²) in [6, 6.07) is 3.70. The smallest absolute Gasteiger partial charge is 0.243 e. The van der Waals surface area contributed by atoms with E-state index in [1.54, 1.807) is 24.9 Å². The molecule has 4 heterocycles. The number of nitrogens with zero attached hydrogens (tertiary/aromatic N) is 6. The van der Waals surface area contributed by atoms with Gasteiger partial charge in [0.15, 0.2) is 22.8 Å². The van der Waals surface area contributed by atoms with Crippen molar-refractivity contribution in [1.82, 2.24) is 30.0 Å². The number of imidazole rings is 1. The second-order valence-corrected chi connectivity index (χ2v) is 7.87. The molecule has 0 saturated carbocycles. The fourth-order valence-corrected chi connectivity index (χ4v) is 3.83. The number of hydrogen-bond donors (Lipinski definition) is 2. The van der Waals surface area contributed by atoms with E-state index in [0.29, 0.717) is 31.3 Å². The van der Waals surface area contributed by atoms with E-state index in [0.717, 1.165) is 67.9 Å². The number of fused-ring (bicyclic) bond motifs is 1. The van der Waals surface area contributed by atoms with Gasteiger partial charge in [-0.3, -0.25) is 10.0 Å². The molecule has 0 unspecified atom stereocenters. The SMILES string of the molecule is COc1ccc(-c2nc(N3CCOCC3)c3ncn(CCCCCCC(=O)NO)c3n2)cn1. The maximum atomic E-state index is 11.1. The molecule has 1 fully saturated rings. The molecule has 0 aromatic carbocycles. The van der Waals surface area contributed by atoms with Gasteiger partial charge in [0.05, 0.1) is 26.7 Å². The summed E-state index contributed by atoms with van der Waals surface area (Å²) in [6.45, 7) is 3.57. The molecule has 176 valence electrons. The number of carbonyl (C=O) groups excluding carboxylic acids is 1. The molecule has 1 aliphatic rings. The van der Waals surface area contributed by atoms with Crippen LogP contribution in [-0.2, 0) is 16.1 Å². The standard InChI is InChI=1S/C22H29N7O4/c1-32-18-8-7-16(14-23-18)20-25-21(28-10-12-33-13-11-28)19-22(26-20)29(15-24-19)9-5-3-2-4-6-17(30)27-31/h7-8,14-15,31H,2-6,9-13H2,1H3,(H,27,30). The number of hydroxylamine groups is 1. The van der Waals surface area contributed by atoms with Crippen LogP contribution in [0.5, 0.6) is 5.88 Å². The van der Waals surface area contributed by atoms with Gasteiger partial charge in [-0.05, 0) is 18.9 Å². The molecule has 0 spiro atoms. The van der Waals surface area contributed by atoms with Crippen LogP contribution in [0.2, 0.25) is 0 Å². The highest BCUT2D eigenvalue weighted by atomic mass is 16.5. The molecule has 11 heteroatoms.